The molecule has 0 aliphatic heterocycles. The Labute approximate surface area is 117 Å². The van der Waals surface area contributed by atoms with E-state index in [0.717, 1.165) is 5.56 Å². The number of amides is 1. The van der Waals surface area contributed by atoms with Crippen LogP contribution >= 0.6 is 0 Å². The fraction of sp³-hybridized carbons (Fsp3) is 0.500. The van der Waals surface area contributed by atoms with Crippen molar-refractivity contribution in [3.63, 3.8) is 0 Å². The third kappa shape index (κ3) is 4.77. The smallest absolute Gasteiger partial charge is 0.387 e. The third-order valence-corrected chi connectivity index (χ3v) is 3.17. The topological polar surface area (TPSA) is 64.4 Å². The van der Waals surface area contributed by atoms with Crippen molar-refractivity contribution in [2.75, 3.05) is 0 Å². The number of rotatable bonds is 6. The second-order valence-electron chi connectivity index (χ2n) is 4.83. The van der Waals surface area contributed by atoms with Crippen LogP contribution in [0.1, 0.15) is 32.4 Å². The highest BCUT2D eigenvalue weighted by molar-refractivity contribution is 5.79. The molecule has 0 aromatic heterocycles. The molecule has 0 saturated heterocycles. The van der Waals surface area contributed by atoms with Gasteiger partial charge >= 0.3 is 6.61 Å². The number of hydrogen-bond acceptors (Lipinski definition) is 3. The van der Waals surface area contributed by atoms with Gasteiger partial charge in [0.05, 0.1) is 6.04 Å². The van der Waals surface area contributed by atoms with Crippen LogP contribution in [0.4, 0.5) is 8.78 Å². The standard InChI is InChI=1S/C14H20F2N2O2/c1-8(9(2)17)13(19)18-10(3)11-4-6-12(7-5-11)20-14(15)16/h4-10,14H,17H2,1-3H3,(H,18,19). The maximum Gasteiger partial charge on any atom is 0.387 e. The maximum atomic E-state index is 12.0. The van der Waals surface area contributed by atoms with Crippen LogP contribution in [0, 0.1) is 5.92 Å². The summed E-state index contributed by atoms with van der Waals surface area (Å²) in [5, 5.41) is 2.83. The van der Waals surface area contributed by atoms with Crippen molar-refractivity contribution in [3.8, 4) is 5.75 Å². The van der Waals surface area contributed by atoms with Gasteiger partial charge in [-0.25, -0.2) is 0 Å². The van der Waals surface area contributed by atoms with Crippen LogP contribution < -0.4 is 15.8 Å². The second-order valence-corrected chi connectivity index (χ2v) is 4.83. The molecule has 3 unspecified atom stereocenters. The van der Waals surface area contributed by atoms with E-state index in [1.807, 2.05) is 6.92 Å². The van der Waals surface area contributed by atoms with Crippen molar-refractivity contribution in [2.45, 2.75) is 39.5 Å². The summed E-state index contributed by atoms with van der Waals surface area (Å²) in [6.07, 6.45) is 0. The largest absolute Gasteiger partial charge is 0.435 e. The number of ether oxygens (including phenoxy) is 1. The number of nitrogens with two attached hydrogens (primary N) is 1. The van der Waals surface area contributed by atoms with Crippen molar-refractivity contribution in [1.82, 2.24) is 5.32 Å². The minimum atomic E-state index is -2.84. The summed E-state index contributed by atoms with van der Waals surface area (Å²) in [5.41, 5.74) is 6.47. The number of alkyl halides is 2. The number of carbonyl (C=O) groups is 1. The zero-order valence-corrected chi connectivity index (χ0v) is 11.8. The van der Waals surface area contributed by atoms with Gasteiger partial charge in [-0.3, -0.25) is 4.79 Å². The lowest BCUT2D eigenvalue weighted by atomic mass is 10.0. The first-order valence-electron chi connectivity index (χ1n) is 6.42. The number of hydrogen-bond donors (Lipinski definition) is 2. The molecule has 0 aliphatic carbocycles. The van der Waals surface area contributed by atoms with Gasteiger partial charge in [-0.2, -0.15) is 8.78 Å². The Kier molecular flexibility index (Phi) is 5.88. The predicted octanol–water partition coefficient (Wildman–Crippen LogP) is 2.45. The van der Waals surface area contributed by atoms with E-state index in [1.54, 1.807) is 26.0 Å². The molecular formula is C14H20F2N2O2. The van der Waals surface area contributed by atoms with Gasteiger partial charge in [0, 0.05) is 12.0 Å². The molecule has 0 heterocycles. The van der Waals surface area contributed by atoms with E-state index in [1.165, 1.54) is 12.1 Å². The molecule has 1 amide bonds. The van der Waals surface area contributed by atoms with E-state index < -0.39 is 6.61 Å². The second kappa shape index (κ2) is 7.19. The highest BCUT2D eigenvalue weighted by Crippen LogP contribution is 2.19. The SMILES string of the molecule is CC(NC(=O)C(C)C(C)N)c1ccc(OC(F)F)cc1. The molecule has 1 rings (SSSR count). The molecule has 0 fully saturated rings. The fourth-order valence-electron chi connectivity index (χ4n) is 1.60. The molecule has 0 spiro atoms. The van der Waals surface area contributed by atoms with E-state index in [0.29, 0.717) is 0 Å². The highest BCUT2D eigenvalue weighted by atomic mass is 19.3. The molecule has 0 saturated carbocycles. The van der Waals surface area contributed by atoms with Crippen LogP contribution in [0.5, 0.6) is 5.75 Å². The summed E-state index contributed by atoms with van der Waals surface area (Å²) >= 11 is 0. The van der Waals surface area contributed by atoms with Crippen molar-refractivity contribution in [3.05, 3.63) is 29.8 Å². The Balaban J connectivity index is 2.63. The summed E-state index contributed by atoms with van der Waals surface area (Å²) in [4.78, 5) is 11.9. The van der Waals surface area contributed by atoms with Crippen LogP contribution in [-0.2, 0) is 4.79 Å². The van der Waals surface area contributed by atoms with E-state index >= 15 is 0 Å². The molecule has 0 aliphatic rings. The van der Waals surface area contributed by atoms with E-state index in [-0.39, 0.29) is 29.7 Å². The molecule has 4 nitrogen and oxygen atoms in total. The lowest BCUT2D eigenvalue weighted by Crippen LogP contribution is -2.39. The molecule has 1 aromatic rings. The average molecular weight is 286 g/mol. The summed E-state index contributed by atoms with van der Waals surface area (Å²) in [6, 6.07) is 5.70. The first-order valence-corrected chi connectivity index (χ1v) is 6.42. The minimum Gasteiger partial charge on any atom is -0.435 e. The van der Waals surface area contributed by atoms with Gasteiger partial charge in [-0.1, -0.05) is 19.1 Å². The molecule has 6 heteroatoms. The highest BCUT2D eigenvalue weighted by Gasteiger charge is 2.19. The Hall–Kier alpha value is -1.69. The van der Waals surface area contributed by atoms with Gasteiger partial charge in [0.15, 0.2) is 0 Å². The lowest BCUT2D eigenvalue weighted by Gasteiger charge is -2.20. The number of carbonyl (C=O) groups excluding carboxylic acids is 1. The van der Waals surface area contributed by atoms with Crippen LogP contribution in [-0.4, -0.2) is 18.6 Å². The van der Waals surface area contributed by atoms with E-state index in [2.05, 4.69) is 10.1 Å². The first kappa shape index (κ1) is 16.4. The fourth-order valence-corrected chi connectivity index (χ4v) is 1.60. The summed E-state index contributed by atoms with van der Waals surface area (Å²) in [6.45, 7) is 2.50. The molecular weight excluding hydrogens is 266 g/mol. The van der Waals surface area contributed by atoms with Crippen molar-refractivity contribution in [2.24, 2.45) is 11.7 Å². The summed E-state index contributed by atoms with van der Waals surface area (Å²) in [7, 11) is 0. The first-order chi connectivity index (χ1) is 9.31. The quantitative estimate of drug-likeness (QED) is 0.844. The third-order valence-electron chi connectivity index (χ3n) is 3.17. The van der Waals surface area contributed by atoms with Gasteiger partial charge in [-0.15, -0.1) is 0 Å². The van der Waals surface area contributed by atoms with Crippen molar-refractivity contribution in [1.29, 1.82) is 0 Å². The van der Waals surface area contributed by atoms with Crippen molar-refractivity contribution >= 4 is 5.91 Å². The summed E-state index contributed by atoms with van der Waals surface area (Å²) in [5.74, 6) is -0.342. The van der Waals surface area contributed by atoms with Crippen LogP contribution in [0.2, 0.25) is 0 Å². The normalized spacial score (nSPS) is 15.6. The van der Waals surface area contributed by atoms with Gasteiger partial charge in [-0.05, 0) is 31.5 Å². The number of halogens is 2. The Morgan fingerprint density at radius 1 is 1.20 bits per heavy atom. The van der Waals surface area contributed by atoms with Gasteiger partial charge < -0.3 is 15.8 Å². The van der Waals surface area contributed by atoms with Crippen LogP contribution in [0.15, 0.2) is 24.3 Å². The van der Waals surface area contributed by atoms with E-state index in [4.69, 9.17) is 5.73 Å². The van der Waals surface area contributed by atoms with Gasteiger partial charge in [0.2, 0.25) is 5.91 Å². The zero-order chi connectivity index (χ0) is 15.3. The molecule has 3 N–H and O–H groups in total. The molecule has 3 atom stereocenters. The summed E-state index contributed by atoms with van der Waals surface area (Å²) < 4.78 is 28.3. The Bertz CT molecular complexity index is 435. The number of benzene rings is 1. The number of nitrogens with one attached hydrogen (secondary N) is 1. The van der Waals surface area contributed by atoms with Crippen LogP contribution in [0.3, 0.4) is 0 Å². The van der Waals surface area contributed by atoms with E-state index in [9.17, 15) is 13.6 Å². The minimum absolute atomic E-state index is 0.0891. The molecule has 20 heavy (non-hydrogen) atoms. The molecule has 1 aromatic carbocycles. The van der Waals surface area contributed by atoms with Crippen molar-refractivity contribution < 1.29 is 18.3 Å². The van der Waals surface area contributed by atoms with Crippen LogP contribution in [0.25, 0.3) is 0 Å². The van der Waals surface area contributed by atoms with Gasteiger partial charge in [0.25, 0.3) is 0 Å². The molecule has 0 bridgehead atoms. The zero-order valence-electron chi connectivity index (χ0n) is 11.8. The lowest BCUT2D eigenvalue weighted by molar-refractivity contribution is -0.125. The van der Waals surface area contributed by atoms with Gasteiger partial charge in [0.1, 0.15) is 5.75 Å². The maximum absolute atomic E-state index is 12.0. The average Bonchev–Trinajstić information content (AvgIpc) is 2.37. The predicted molar refractivity (Wildman–Crippen MR) is 72.4 cm³/mol. The Morgan fingerprint density at radius 2 is 1.75 bits per heavy atom. The molecule has 0 radical (unpaired) electrons. The monoisotopic (exact) mass is 286 g/mol. The Morgan fingerprint density at radius 3 is 2.20 bits per heavy atom. The molecule has 112 valence electrons.